The number of benzene rings is 4. The minimum absolute atomic E-state index is 0.261. The quantitative estimate of drug-likeness (QED) is 0.244. The van der Waals surface area contributed by atoms with Crippen molar-refractivity contribution in [3.05, 3.63) is 161 Å². The molecule has 0 radical (unpaired) electrons. The minimum Gasteiger partial charge on any atom is -0.456 e. The van der Waals surface area contributed by atoms with Crippen molar-refractivity contribution in [1.29, 1.82) is 0 Å². The van der Waals surface area contributed by atoms with Crippen molar-refractivity contribution in [3.8, 4) is 0 Å². The Balaban J connectivity index is 1.45. The van der Waals surface area contributed by atoms with Gasteiger partial charge in [-0.1, -0.05) is 115 Å². The molecule has 1 aromatic heterocycles. The molecule has 1 heterocycles. The van der Waals surface area contributed by atoms with Crippen LogP contribution >= 0.6 is 0 Å². The number of fused-ring (bicyclic) bond motifs is 5. The van der Waals surface area contributed by atoms with Crippen molar-refractivity contribution >= 4 is 38.7 Å². The van der Waals surface area contributed by atoms with E-state index in [0.717, 1.165) is 24.0 Å². The summed E-state index contributed by atoms with van der Waals surface area (Å²) in [6.45, 7) is 0. The fourth-order valence-corrected chi connectivity index (χ4v) is 6.91. The number of para-hydroxylation sites is 1. The van der Waals surface area contributed by atoms with Crippen molar-refractivity contribution in [3.63, 3.8) is 0 Å². The van der Waals surface area contributed by atoms with Gasteiger partial charge in [0.05, 0.1) is 0 Å². The van der Waals surface area contributed by atoms with Crippen LogP contribution in [0.2, 0.25) is 0 Å². The average molecular weight is 501 g/mol. The average Bonchev–Trinajstić information content (AvgIpc) is 3.38. The third kappa shape index (κ3) is 3.54. The van der Waals surface area contributed by atoms with Gasteiger partial charge in [0.15, 0.2) is 0 Å². The zero-order valence-electron chi connectivity index (χ0n) is 21.7. The van der Waals surface area contributed by atoms with Crippen molar-refractivity contribution in [1.82, 2.24) is 0 Å². The van der Waals surface area contributed by atoms with Gasteiger partial charge >= 0.3 is 0 Å². The van der Waals surface area contributed by atoms with E-state index in [2.05, 4.69) is 127 Å². The van der Waals surface area contributed by atoms with Gasteiger partial charge in [-0.15, -0.1) is 0 Å². The smallest absolute Gasteiger partial charge is 0.136 e. The fourth-order valence-electron chi connectivity index (χ4n) is 6.91. The molecule has 3 aliphatic carbocycles. The highest BCUT2D eigenvalue weighted by Crippen LogP contribution is 2.45. The van der Waals surface area contributed by atoms with Crippen LogP contribution in [0.15, 0.2) is 144 Å². The Morgan fingerprint density at radius 1 is 0.590 bits per heavy atom. The van der Waals surface area contributed by atoms with Gasteiger partial charge in [-0.3, -0.25) is 0 Å². The summed E-state index contributed by atoms with van der Waals surface area (Å²) in [6, 6.07) is 35.0. The van der Waals surface area contributed by atoms with E-state index >= 15 is 0 Å². The number of allylic oxidation sites excluding steroid dienone is 8. The van der Waals surface area contributed by atoms with Gasteiger partial charge in [-0.05, 0) is 74.9 Å². The van der Waals surface area contributed by atoms with Crippen LogP contribution in [-0.2, 0) is 0 Å². The Morgan fingerprint density at radius 2 is 1.28 bits per heavy atom. The highest BCUT2D eigenvalue weighted by Gasteiger charge is 2.33. The molecule has 2 unspecified atom stereocenters. The van der Waals surface area contributed by atoms with Crippen LogP contribution in [0.5, 0.6) is 0 Å². The maximum Gasteiger partial charge on any atom is 0.136 e. The zero-order chi connectivity index (χ0) is 25.8. The molecule has 0 N–H and O–H groups in total. The van der Waals surface area contributed by atoms with Crippen LogP contribution in [0.25, 0.3) is 38.7 Å². The lowest BCUT2D eigenvalue weighted by Gasteiger charge is -2.35. The lowest BCUT2D eigenvalue weighted by Crippen LogP contribution is -2.40. The highest BCUT2D eigenvalue weighted by atomic mass is 16.3. The van der Waals surface area contributed by atoms with Crippen molar-refractivity contribution < 1.29 is 4.42 Å². The van der Waals surface area contributed by atoms with E-state index < -0.39 is 0 Å². The van der Waals surface area contributed by atoms with E-state index in [1.807, 2.05) is 6.07 Å². The van der Waals surface area contributed by atoms with Crippen LogP contribution < -0.4 is 10.4 Å². The summed E-state index contributed by atoms with van der Waals surface area (Å²) in [6.07, 6.45) is 16.1. The number of hydrogen-bond acceptors (Lipinski definition) is 1. The molecule has 0 saturated heterocycles. The Morgan fingerprint density at radius 3 is 2.13 bits per heavy atom. The molecule has 0 bridgehead atoms. The molecule has 2 atom stereocenters. The zero-order valence-corrected chi connectivity index (χ0v) is 21.7. The van der Waals surface area contributed by atoms with Crippen molar-refractivity contribution in [2.24, 2.45) is 11.8 Å². The van der Waals surface area contributed by atoms with Gasteiger partial charge in [-0.2, -0.15) is 0 Å². The molecule has 5 aromatic rings. The molecule has 0 fully saturated rings. The number of hydrogen-bond donors (Lipinski definition) is 0. The van der Waals surface area contributed by atoms with Gasteiger partial charge < -0.3 is 4.42 Å². The third-order valence-electron chi connectivity index (χ3n) is 8.58. The summed E-state index contributed by atoms with van der Waals surface area (Å²) >= 11 is 0. The maximum absolute atomic E-state index is 6.32. The predicted molar refractivity (Wildman–Crippen MR) is 162 cm³/mol. The van der Waals surface area contributed by atoms with E-state index in [4.69, 9.17) is 4.42 Å². The summed E-state index contributed by atoms with van der Waals surface area (Å²) in [5, 5.41) is 5.04. The third-order valence-corrected chi connectivity index (χ3v) is 8.58. The molecule has 1 heteroatoms. The number of furan rings is 1. The molecule has 3 aliphatic rings. The second-order valence-electron chi connectivity index (χ2n) is 10.7. The first kappa shape index (κ1) is 22.4. The minimum atomic E-state index is 0.261. The maximum atomic E-state index is 6.32. The lowest BCUT2D eigenvalue weighted by atomic mass is 9.68. The molecular formula is C38H28O. The molecule has 1 nitrogen and oxygen atoms in total. The van der Waals surface area contributed by atoms with Gasteiger partial charge in [-0.25, -0.2) is 0 Å². The molecule has 0 amide bonds. The van der Waals surface area contributed by atoms with Crippen LogP contribution in [0.3, 0.4) is 0 Å². The van der Waals surface area contributed by atoms with Gasteiger partial charge in [0.1, 0.15) is 11.2 Å². The molecular weight excluding hydrogens is 472 g/mol. The van der Waals surface area contributed by atoms with E-state index in [0.29, 0.717) is 0 Å². The largest absolute Gasteiger partial charge is 0.456 e. The standard InChI is InChI=1S/C38H28O/c1-2-12-25(13-3-1)27-14-4-5-16-30(27)38-33-19-8-6-17-31(33)37(32-18-7-9-20-34(32)38)26-22-23-29-28-15-10-11-21-35(28)39-36(29)24-26/h1-4,6-15,17-24,31,33H,5,16H2. The van der Waals surface area contributed by atoms with Crippen LogP contribution in [0.4, 0.5) is 0 Å². The fraction of sp³-hybridized carbons (Fsp3) is 0.105. The summed E-state index contributed by atoms with van der Waals surface area (Å²) < 4.78 is 6.32. The van der Waals surface area contributed by atoms with E-state index in [9.17, 15) is 0 Å². The SMILES string of the molecule is C1=CC2C(C3=C(c4ccccc4)C=CCC3)=c3ccccc3=C(c3ccc4c(c3)oc3ccccc34)C2C=C1. The highest BCUT2D eigenvalue weighted by molar-refractivity contribution is 6.05. The number of rotatable bonds is 3. The molecule has 0 saturated carbocycles. The van der Waals surface area contributed by atoms with Crippen LogP contribution in [0, 0.1) is 11.8 Å². The molecule has 0 spiro atoms. The van der Waals surface area contributed by atoms with Gasteiger partial charge in [0.2, 0.25) is 0 Å². The topological polar surface area (TPSA) is 13.1 Å². The summed E-state index contributed by atoms with van der Waals surface area (Å²) in [7, 11) is 0. The van der Waals surface area contributed by atoms with Crippen LogP contribution in [-0.4, -0.2) is 0 Å². The van der Waals surface area contributed by atoms with E-state index in [1.165, 1.54) is 54.6 Å². The predicted octanol–water partition coefficient (Wildman–Crippen LogP) is 8.11. The second kappa shape index (κ2) is 8.99. The molecule has 0 aliphatic heterocycles. The normalized spacial score (nSPS) is 20.1. The van der Waals surface area contributed by atoms with Gasteiger partial charge in [0.25, 0.3) is 0 Å². The Kier molecular flexibility index (Phi) is 5.16. The summed E-state index contributed by atoms with van der Waals surface area (Å²) in [5.41, 5.74) is 10.1. The Labute approximate surface area is 228 Å². The van der Waals surface area contributed by atoms with Crippen molar-refractivity contribution in [2.45, 2.75) is 12.8 Å². The second-order valence-corrected chi connectivity index (χ2v) is 10.7. The van der Waals surface area contributed by atoms with Crippen molar-refractivity contribution in [2.75, 3.05) is 0 Å². The Hall–Kier alpha value is -4.62. The van der Waals surface area contributed by atoms with E-state index in [1.54, 1.807) is 0 Å². The molecule has 186 valence electrons. The summed E-state index contributed by atoms with van der Waals surface area (Å²) in [5.74, 6) is 0.545. The lowest BCUT2D eigenvalue weighted by molar-refractivity contribution is 0.666. The van der Waals surface area contributed by atoms with Gasteiger partial charge in [0, 0.05) is 22.6 Å². The Bertz CT molecular complexity index is 2010. The first-order valence-electron chi connectivity index (χ1n) is 13.9. The molecule has 8 rings (SSSR count). The molecule has 39 heavy (non-hydrogen) atoms. The first-order valence-corrected chi connectivity index (χ1v) is 13.9. The van der Waals surface area contributed by atoms with E-state index in [-0.39, 0.29) is 11.8 Å². The molecule has 4 aromatic carbocycles. The van der Waals surface area contributed by atoms with Crippen LogP contribution in [0.1, 0.15) is 24.0 Å². The first-order chi connectivity index (χ1) is 19.4. The summed E-state index contributed by atoms with van der Waals surface area (Å²) in [4.78, 5) is 0. The monoisotopic (exact) mass is 500 g/mol.